The fraction of sp³-hybridized carbons (Fsp3) is 0. The number of hydrogen-bond donors (Lipinski definition) is 0. The third-order valence-electron chi connectivity index (χ3n) is 5.91. The highest BCUT2D eigenvalue weighted by Crippen LogP contribution is 2.39. The Labute approximate surface area is 201 Å². The van der Waals surface area contributed by atoms with Crippen LogP contribution in [0.5, 0.6) is 0 Å². The smallest absolute Gasteiger partial charge is 0.135 e. The van der Waals surface area contributed by atoms with Crippen molar-refractivity contribution >= 4 is 44.1 Å². The minimum atomic E-state index is 0.564. The van der Waals surface area contributed by atoms with Gasteiger partial charge >= 0.3 is 0 Å². The van der Waals surface area contributed by atoms with Crippen molar-refractivity contribution in [1.82, 2.24) is 9.55 Å². The fourth-order valence-electron chi connectivity index (χ4n) is 4.41. The molecule has 0 unspecified atom stereocenters. The van der Waals surface area contributed by atoms with Crippen molar-refractivity contribution in [3.05, 3.63) is 120 Å². The average Bonchev–Trinajstić information content (AvgIpc) is 3.47. The molecule has 0 fully saturated rings. The molecule has 0 saturated carbocycles. The SMILES string of the molecule is N#CC(=Cc1c(-c2ccccc2)n(-c2ccccc2)c2ccccc12)c1nc2ccccc2s1. The molecule has 0 N–H and O–H groups in total. The van der Waals surface area contributed by atoms with Crippen molar-refractivity contribution in [2.45, 2.75) is 0 Å². The molecule has 0 saturated heterocycles. The molecule has 0 bridgehead atoms. The third-order valence-corrected chi connectivity index (χ3v) is 6.98. The lowest BCUT2D eigenvalue weighted by atomic mass is 10.0. The van der Waals surface area contributed by atoms with Crippen LogP contribution in [0.4, 0.5) is 0 Å². The minimum absolute atomic E-state index is 0.564. The van der Waals surface area contributed by atoms with E-state index in [1.54, 1.807) is 11.3 Å². The van der Waals surface area contributed by atoms with Crippen LogP contribution in [-0.4, -0.2) is 9.55 Å². The molecule has 0 aliphatic heterocycles. The number of hydrogen-bond acceptors (Lipinski definition) is 3. The second-order valence-corrected chi connectivity index (χ2v) is 9.00. The van der Waals surface area contributed by atoms with E-state index in [2.05, 4.69) is 77.4 Å². The first kappa shape index (κ1) is 20.2. The van der Waals surface area contributed by atoms with Gasteiger partial charge in [-0.1, -0.05) is 78.9 Å². The van der Waals surface area contributed by atoms with Crippen LogP contribution < -0.4 is 0 Å². The summed E-state index contributed by atoms with van der Waals surface area (Å²) >= 11 is 1.55. The average molecular weight is 454 g/mol. The molecular weight excluding hydrogens is 434 g/mol. The number of aromatic nitrogens is 2. The second kappa shape index (κ2) is 8.47. The van der Waals surface area contributed by atoms with E-state index in [1.807, 2.05) is 48.5 Å². The van der Waals surface area contributed by atoms with E-state index in [1.165, 1.54) is 0 Å². The molecule has 160 valence electrons. The third kappa shape index (κ3) is 3.40. The van der Waals surface area contributed by atoms with Gasteiger partial charge in [-0.3, -0.25) is 0 Å². The van der Waals surface area contributed by atoms with Crippen LogP contribution in [-0.2, 0) is 0 Å². The topological polar surface area (TPSA) is 41.6 Å². The number of nitriles is 1. The van der Waals surface area contributed by atoms with Gasteiger partial charge in [-0.15, -0.1) is 11.3 Å². The molecule has 4 heteroatoms. The summed E-state index contributed by atoms with van der Waals surface area (Å²) in [6.07, 6.45) is 2.00. The van der Waals surface area contributed by atoms with Crippen LogP contribution in [0.3, 0.4) is 0 Å². The second-order valence-electron chi connectivity index (χ2n) is 7.97. The zero-order valence-electron chi connectivity index (χ0n) is 18.2. The van der Waals surface area contributed by atoms with Crippen LogP contribution in [0.25, 0.3) is 49.7 Å². The van der Waals surface area contributed by atoms with Crippen molar-refractivity contribution in [3.63, 3.8) is 0 Å². The molecule has 0 aliphatic rings. The summed E-state index contributed by atoms with van der Waals surface area (Å²) in [5.41, 5.74) is 6.82. The lowest BCUT2D eigenvalue weighted by molar-refractivity contribution is 1.13. The van der Waals surface area contributed by atoms with Crippen molar-refractivity contribution in [2.24, 2.45) is 0 Å². The highest BCUT2D eigenvalue weighted by Gasteiger charge is 2.20. The molecule has 34 heavy (non-hydrogen) atoms. The van der Waals surface area contributed by atoms with Crippen molar-refractivity contribution in [1.29, 1.82) is 5.26 Å². The van der Waals surface area contributed by atoms with E-state index < -0.39 is 0 Å². The first-order valence-corrected chi connectivity index (χ1v) is 11.9. The molecule has 0 aliphatic carbocycles. The molecular formula is C30H19N3S. The molecule has 6 aromatic rings. The van der Waals surface area contributed by atoms with Gasteiger partial charge in [0.15, 0.2) is 0 Å². The van der Waals surface area contributed by atoms with Crippen LogP contribution in [0.2, 0.25) is 0 Å². The Morgan fingerprint density at radius 1 is 0.794 bits per heavy atom. The van der Waals surface area contributed by atoms with Gasteiger partial charge in [-0.2, -0.15) is 5.26 Å². The molecule has 0 spiro atoms. The number of para-hydroxylation sites is 3. The Morgan fingerprint density at radius 2 is 1.47 bits per heavy atom. The first-order valence-electron chi connectivity index (χ1n) is 11.1. The number of thiazole rings is 1. The zero-order chi connectivity index (χ0) is 22.9. The maximum absolute atomic E-state index is 10.2. The van der Waals surface area contributed by atoms with Gasteiger partial charge in [-0.05, 0) is 42.0 Å². The molecule has 0 amide bonds. The highest BCUT2D eigenvalue weighted by atomic mass is 32.1. The summed E-state index contributed by atoms with van der Waals surface area (Å²) in [5.74, 6) is 0. The summed E-state index contributed by atoms with van der Waals surface area (Å²) in [6.45, 7) is 0. The van der Waals surface area contributed by atoms with E-state index in [0.29, 0.717) is 5.57 Å². The van der Waals surface area contributed by atoms with Gasteiger partial charge in [0.1, 0.15) is 11.1 Å². The molecule has 4 aromatic carbocycles. The lowest BCUT2D eigenvalue weighted by Gasteiger charge is -2.12. The highest BCUT2D eigenvalue weighted by molar-refractivity contribution is 7.19. The molecule has 6 rings (SSSR count). The van der Waals surface area contributed by atoms with Gasteiger partial charge in [0.2, 0.25) is 0 Å². The van der Waals surface area contributed by atoms with Crippen LogP contribution in [0, 0.1) is 11.3 Å². The van der Waals surface area contributed by atoms with Crippen LogP contribution in [0.1, 0.15) is 10.6 Å². The summed E-state index contributed by atoms with van der Waals surface area (Å²) < 4.78 is 3.36. The summed E-state index contributed by atoms with van der Waals surface area (Å²) in [7, 11) is 0. The van der Waals surface area contributed by atoms with E-state index in [-0.39, 0.29) is 0 Å². The lowest BCUT2D eigenvalue weighted by Crippen LogP contribution is -1.97. The van der Waals surface area contributed by atoms with Crippen molar-refractivity contribution < 1.29 is 0 Å². The normalized spacial score (nSPS) is 11.7. The monoisotopic (exact) mass is 453 g/mol. The van der Waals surface area contributed by atoms with Gasteiger partial charge in [0.25, 0.3) is 0 Å². The Morgan fingerprint density at radius 3 is 2.24 bits per heavy atom. The summed E-state index contributed by atoms with van der Waals surface area (Å²) in [5, 5.41) is 12.0. The predicted octanol–water partition coefficient (Wildman–Crippen LogP) is 7.97. The van der Waals surface area contributed by atoms with Gasteiger partial charge in [0, 0.05) is 16.6 Å². The Kier molecular flexibility index (Phi) is 5.03. The standard InChI is InChI=1S/C30H19N3S/c31-20-22(30-32-26-16-8-10-18-28(26)34-30)19-25-24-15-7-9-17-27(24)33(23-13-5-2-6-14-23)29(25)21-11-3-1-4-12-21/h1-19H. The van der Waals surface area contributed by atoms with Gasteiger partial charge < -0.3 is 4.57 Å². The number of benzene rings is 4. The number of fused-ring (bicyclic) bond motifs is 2. The number of nitrogens with zero attached hydrogens (tertiary/aromatic N) is 3. The maximum atomic E-state index is 10.2. The van der Waals surface area contributed by atoms with E-state index >= 15 is 0 Å². The first-order chi connectivity index (χ1) is 16.8. The largest absolute Gasteiger partial charge is 0.309 e. The van der Waals surface area contributed by atoms with Crippen LogP contribution >= 0.6 is 11.3 Å². The molecule has 2 aromatic heterocycles. The van der Waals surface area contributed by atoms with Gasteiger partial charge in [-0.25, -0.2) is 4.98 Å². The minimum Gasteiger partial charge on any atom is -0.309 e. The predicted molar refractivity (Wildman–Crippen MR) is 142 cm³/mol. The molecule has 0 atom stereocenters. The van der Waals surface area contributed by atoms with Crippen LogP contribution in [0.15, 0.2) is 109 Å². The quantitative estimate of drug-likeness (QED) is 0.254. The Hall–Kier alpha value is -4.46. The van der Waals surface area contributed by atoms with E-state index in [4.69, 9.17) is 4.98 Å². The molecule has 3 nitrogen and oxygen atoms in total. The fourth-order valence-corrected chi connectivity index (χ4v) is 5.34. The number of rotatable bonds is 4. The Balaban J connectivity index is 1.68. The summed E-state index contributed by atoms with van der Waals surface area (Å²) in [6, 6.07) is 39.5. The number of allylic oxidation sites excluding steroid dienone is 1. The Bertz CT molecular complexity index is 1670. The van der Waals surface area contributed by atoms with Crippen molar-refractivity contribution in [2.75, 3.05) is 0 Å². The zero-order valence-corrected chi connectivity index (χ0v) is 19.0. The molecule has 2 heterocycles. The van der Waals surface area contributed by atoms with E-state index in [0.717, 1.165) is 48.6 Å². The van der Waals surface area contributed by atoms with E-state index in [9.17, 15) is 5.26 Å². The van der Waals surface area contributed by atoms with Gasteiger partial charge in [0.05, 0.1) is 27.0 Å². The van der Waals surface area contributed by atoms with Crippen molar-refractivity contribution in [3.8, 4) is 23.0 Å². The summed E-state index contributed by atoms with van der Waals surface area (Å²) in [4.78, 5) is 4.75. The molecule has 0 radical (unpaired) electrons. The maximum Gasteiger partial charge on any atom is 0.135 e.